The third-order valence-corrected chi connectivity index (χ3v) is 4.25. The van der Waals surface area contributed by atoms with Gasteiger partial charge in [0.25, 0.3) is 5.91 Å². The van der Waals surface area contributed by atoms with E-state index in [1.54, 1.807) is 0 Å². The summed E-state index contributed by atoms with van der Waals surface area (Å²) >= 11 is 0. The van der Waals surface area contributed by atoms with E-state index in [1.807, 2.05) is 25.6 Å². The Labute approximate surface area is 123 Å². The fraction of sp³-hybridized carbons (Fsp3) is 0.533. The Hall–Kier alpha value is -2.11. The third kappa shape index (κ3) is 2.46. The fourth-order valence-electron chi connectivity index (χ4n) is 2.89. The molecule has 0 aliphatic heterocycles. The van der Waals surface area contributed by atoms with E-state index in [0.29, 0.717) is 12.2 Å². The monoisotopic (exact) mass is 288 g/mol. The summed E-state index contributed by atoms with van der Waals surface area (Å²) in [5, 5.41) is 11.2. The van der Waals surface area contributed by atoms with Crippen molar-refractivity contribution in [3.8, 4) is 0 Å². The van der Waals surface area contributed by atoms with E-state index in [0.717, 1.165) is 54.0 Å². The minimum Gasteiger partial charge on any atom is -0.360 e. The van der Waals surface area contributed by atoms with Gasteiger partial charge in [-0.2, -0.15) is 5.10 Å². The number of rotatable bonds is 3. The molecule has 0 radical (unpaired) electrons. The third-order valence-electron chi connectivity index (χ3n) is 4.25. The largest absolute Gasteiger partial charge is 0.360 e. The summed E-state index contributed by atoms with van der Waals surface area (Å²) in [6.07, 6.45) is 3.97. The number of hydrogen-bond donors (Lipinski definition) is 1. The molecular formula is C15H20N4O2. The standard InChI is InChI=1S/C15H20N4O2/c1-9-12(10(2)19(3)17-9)8-16-15(20)14-11-6-4-5-7-13(11)21-18-14/h4-8H2,1-3H3,(H,16,20). The van der Waals surface area contributed by atoms with Gasteiger partial charge in [-0.05, 0) is 33.1 Å². The maximum atomic E-state index is 12.3. The Morgan fingerprint density at radius 2 is 2.10 bits per heavy atom. The number of nitrogens with one attached hydrogen (secondary N) is 1. The lowest BCUT2D eigenvalue weighted by molar-refractivity contribution is 0.0941. The van der Waals surface area contributed by atoms with Crippen LogP contribution in [-0.2, 0) is 26.4 Å². The predicted octanol–water partition coefficient (Wildman–Crippen LogP) is 1.83. The van der Waals surface area contributed by atoms with Gasteiger partial charge in [-0.1, -0.05) is 5.16 Å². The van der Waals surface area contributed by atoms with Crippen LogP contribution in [0.2, 0.25) is 0 Å². The van der Waals surface area contributed by atoms with E-state index in [-0.39, 0.29) is 5.91 Å². The van der Waals surface area contributed by atoms with Crippen LogP contribution in [0.3, 0.4) is 0 Å². The van der Waals surface area contributed by atoms with Crippen molar-refractivity contribution in [3.63, 3.8) is 0 Å². The number of nitrogens with zero attached hydrogens (tertiary/aromatic N) is 3. The van der Waals surface area contributed by atoms with Crippen LogP contribution < -0.4 is 5.32 Å². The van der Waals surface area contributed by atoms with Crippen LogP contribution >= 0.6 is 0 Å². The highest BCUT2D eigenvalue weighted by Gasteiger charge is 2.24. The van der Waals surface area contributed by atoms with Crippen LogP contribution in [-0.4, -0.2) is 20.8 Å². The molecule has 2 heterocycles. The number of aryl methyl sites for hydroxylation is 3. The number of aromatic nitrogens is 3. The molecular weight excluding hydrogens is 268 g/mol. The van der Waals surface area contributed by atoms with E-state index in [4.69, 9.17) is 4.52 Å². The minimum atomic E-state index is -0.162. The topological polar surface area (TPSA) is 73.0 Å². The molecule has 0 atom stereocenters. The van der Waals surface area contributed by atoms with Crippen molar-refractivity contribution in [2.75, 3.05) is 0 Å². The zero-order valence-corrected chi connectivity index (χ0v) is 12.7. The molecule has 0 unspecified atom stereocenters. The highest BCUT2D eigenvalue weighted by molar-refractivity contribution is 5.93. The summed E-state index contributed by atoms with van der Waals surface area (Å²) in [5.74, 6) is 0.713. The zero-order chi connectivity index (χ0) is 15.0. The van der Waals surface area contributed by atoms with E-state index < -0.39 is 0 Å². The first-order chi connectivity index (χ1) is 10.1. The molecule has 1 aliphatic carbocycles. The van der Waals surface area contributed by atoms with Crippen molar-refractivity contribution < 1.29 is 9.32 Å². The number of carbonyl (C=O) groups excluding carboxylic acids is 1. The maximum Gasteiger partial charge on any atom is 0.274 e. The summed E-state index contributed by atoms with van der Waals surface area (Å²) in [7, 11) is 1.90. The smallest absolute Gasteiger partial charge is 0.274 e. The Bertz CT molecular complexity index is 684. The van der Waals surface area contributed by atoms with E-state index in [9.17, 15) is 4.79 Å². The second-order valence-corrected chi connectivity index (χ2v) is 5.60. The summed E-state index contributed by atoms with van der Waals surface area (Å²) in [4.78, 5) is 12.3. The second-order valence-electron chi connectivity index (χ2n) is 5.60. The molecule has 0 aromatic carbocycles. The van der Waals surface area contributed by atoms with Crippen molar-refractivity contribution >= 4 is 5.91 Å². The molecule has 0 fully saturated rings. The Morgan fingerprint density at radius 1 is 1.33 bits per heavy atom. The van der Waals surface area contributed by atoms with Crippen molar-refractivity contribution in [3.05, 3.63) is 34.0 Å². The van der Waals surface area contributed by atoms with Crippen molar-refractivity contribution in [2.45, 2.75) is 46.1 Å². The second kappa shape index (κ2) is 5.35. The molecule has 2 aromatic rings. The average molecular weight is 288 g/mol. The van der Waals surface area contributed by atoms with Gasteiger partial charge in [-0.3, -0.25) is 9.48 Å². The highest BCUT2D eigenvalue weighted by Crippen LogP contribution is 2.24. The minimum absolute atomic E-state index is 0.162. The Morgan fingerprint density at radius 3 is 2.81 bits per heavy atom. The molecule has 1 aliphatic rings. The van der Waals surface area contributed by atoms with Gasteiger partial charge in [-0.15, -0.1) is 0 Å². The van der Waals surface area contributed by atoms with Gasteiger partial charge < -0.3 is 9.84 Å². The van der Waals surface area contributed by atoms with Crippen LogP contribution in [0.25, 0.3) is 0 Å². The molecule has 112 valence electrons. The molecule has 0 saturated heterocycles. The molecule has 0 saturated carbocycles. The SMILES string of the molecule is Cc1nn(C)c(C)c1CNC(=O)c1noc2c1CCCC2. The van der Waals surface area contributed by atoms with Crippen molar-refractivity contribution in [1.29, 1.82) is 0 Å². The lowest BCUT2D eigenvalue weighted by atomic mass is 9.96. The quantitative estimate of drug-likeness (QED) is 0.935. The first-order valence-corrected chi connectivity index (χ1v) is 7.32. The van der Waals surface area contributed by atoms with E-state index in [2.05, 4.69) is 15.6 Å². The average Bonchev–Trinajstić information content (AvgIpc) is 3.00. The molecule has 21 heavy (non-hydrogen) atoms. The first-order valence-electron chi connectivity index (χ1n) is 7.32. The first kappa shape index (κ1) is 13.9. The van der Waals surface area contributed by atoms with Gasteiger partial charge in [0.2, 0.25) is 0 Å². The van der Waals surface area contributed by atoms with Crippen LogP contribution in [0.15, 0.2) is 4.52 Å². The molecule has 1 amide bonds. The normalized spacial score (nSPS) is 14.0. The Kier molecular flexibility index (Phi) is 3.53. The van der Waals surface area contributed by atoms with Gasteiger partial charge in [0.15, 0.2) is 5.69 Å². The van der Waals surface area contributed by atoms with Crippen molar-refractivity contribution in [1.82, 2.24) is 20.3 Å². The fourth-order valence-corrected chi connectivity index (χ4v) is 2.89. The van der Waals surface area contributed by atoms with E-state index in [1.165, 1.54) is 0 Å². The Balaban J connectivity index is 1.74. The molecule has 1 N–H and O–H groups in total. The molecule has 0 spiro atoms. The van der Waals surface area contributed by atoms with Crippen LogP contribution in [0.1, 0.15) is 51.6 Å². The van der Waals surface area contributed by atoms with E-state index >= 15 is 0 Å². The summed E-state index contributed by atoms with van der Waals surface area (Å²) in [6.45, 7) is 4.41. The lowest BCUT2D eigenvalue weighted by Crippen LogP contribution is -2.25. The molecule has 6 heteroatoms. The van der Waals surface area contributed by atoms with Crippen LogP contribution in [0.4, 0.5) is 0 Å². The summed E-state index contributed by atoms with van der Waals surface area (Å²) < 4.78 is 7.11. The van der Waals surface area contributed by atoms with Gasteiger partial charge in [0.1, 0.15) is 5.76 Å². The van der Waals surface area contributed by atoms with Crippen LogP contribution in [0, 0.1) is 13.8 Å². The van der Waals surface area contributed by atoms with Gasteiger partial charge in [-0.25, -0.2) is 0 Å². The lowest BCUT2D eigenvalue weighted by Gasteiger charge is -2.09. The van der Waals surface area contributed by atoms with Gasteiger partial charge >= 0.3 is 0 Å². The summed E-state index contributed by atoms with van der Waals surface area (Å²) in [6, 6.07) is 0. The molecule has 2 aromatic heterocycles. The van der Waals surface area contributed by atoms with Gasteiger partial charge in [0, 0.05) is 36.8 Å². The molecule has 0 bridgehead atoms. The summed E-state index contributed by atoms with van der Waals surface area (Å²) in [5.41, 5.74) is 4.50. The zero-order valence-electron chi connectivity index (χ0n) is 12.7. The molecule has 6 nitrogen and oxygen atoms in total. The number of hydrogen-bond acceptors (Lipinski definition) is 4. The number of fused-ring (bicyclic) bond motifs is 1. The number of carbonyl (C=O) groups is 1. The maximum absolute atomic E-state index is 12.3. The van der Waals surface area contributed by atoms with Crippen LogP contribution in [0.5, 0.6) is 0 Å². The van der Waals surface area contributed by atoms with Gasteiger partial charge in [0.05, 0.1) is 5.69 Å². The predicted molar refractivity (Wildman–Crippen MR) is 77.0 cm³/mol. The van der Waals surface area contributed by atoms with Crippen molar-refractivity contribution in [2.24, 2.45) is 7.05 Å². The number of amides is 1. The molecule has 3 rings (SSSR count). The highest BCUT2D eigenvalue weighted by atomic mass is 16.5.